The van der Waals surface area contributed by atoms with E-state index < -0.39 is 105 Å². The smallest absolute Gasteiger partial charge is 0.303 e. The molecule has 0 unspecified atom stereocenters. The summed E-state index contributed by atoms with van der Waals surface area (Å²) in [6, 6.07) is 0. The summed E-state index contributed by atoms with van der Waals surface area (Å²) in [4.78, 5) is 47.3. The molecule has 0 saturated carbocycles. The summed E-state index contributed by atoms with van der Waals surface area (Å²) in [7, 11) is 0. The topological polar surface area (TPSA) is 192 Å². The Morgan fingerprint density at radius 2 is 1.32 bits per heavy atom. The van der Waals surface area contributed by atoms with Crippen LogP contribution in [-0.4, -0.2) is 115 Å². The molecule has 0 aromatic carbocycles. The SMILES string of the molecule is CC(=O)OC[C@H]1O[C@@H](O[C@H]2[C@H](O)[C@@H](CO)O[C@@H]3O[C@@H](C)O[C@@H]32)[C@H](OC(C)=O)[C@@H](OC(C)=O)[C@@H]1OC(C)=O. The Morgan fingerprint density at radius 1 is 0.730 bits per heavy atom. The van der Waals surface area contributed by atoms with E-state index in [1.54, 1.807) is 6.92 Å². The van der Waals surface area contributed by atoms with Crippen LogP contribution in [0.4, 0.5) is 0 Å². The summed E-state index contributed by atoms with van der Waals surface area (Å²) < 4.78 is 49.8. The van der Waals surface area contributed by atoms with E-state index in [1.807, 2.05) is 0 Å². The molecule has 3 saturated heterocycles. The monoisotopic (exact) mass is 536 g/mol. The lowest BCUT2D eigenvalue weighted by Gasteiger charge is -2.47. The third kappa shape index (κ3) is 7.13. The molecule has 3 aliphatic rings. The van der Waals surface area contributed by atoms with Crippen LogP contribution >= 0.6 is 0 Å². The first-order valence-corrected chi connectivity index (χ1v) is 11.6. The Morgan fingerprint density at radius 3 is 1.89 bits per heavy atom. The van der Waals surface area contributed by atoms with Crippen molar-refractivity contribution >= 4 is 23.9 Å². The highest BCUT2D eigenvalue weighted by Gasteiger charge is 2.57. The molecule has 0 bridgehead atoms. The molecule has 3 heterocycles. The highest BCUT2D eigenvalue weighted by Crippen LogP contribution is 2.36. The highest BCUT2D eigenvalue weighted by atomic mass is 16.8. The molecule has 2 N–H and O–H groups in total. The Balaban J connectivity index is 1.98. The predicted octanol–water partition coefficient (Wildman–Crippen LogP) is -1.71. The second kappa shape index (κ2) is 12.4. The Bertz CT molecular complexity index is 848. The second-order valence-electron chi connectivity index (χ2n) is 8.69. The van der Waals surface area contributed by atoms with Crippen LogP contribution in [0.25, 0.3) is 0 Å². The minimum atomic E-state index is -1.56. The van der Waals surface area contributed by atoms with E-state index in [1.165, 1.54) is 0 Å². The van der Waals surface area contributed by atoms with Crippen LogP contribution in [0.3, 0.4) is 0 Å². The molecule has 15 nitrogen and oxygen atoms in total. The predicted molar refractivity (Wildman–Crippen MR) is 114 cm³/mol. The van der Waals surface area contributed by atoms with Gasteiger partial charge in [-0.1, -0.05) is 0 Å². The summed E-state index contributed by atoms with van der Waals surface area (Å²) in [6.07, 6.45) is -13.7. The van der Waals surface area contributed by atoms with E-state index >= 15 is 0 Å². The maximum atomic E-state index is 12.0. The van der Waals surface area contributed by atoms with Gasteiger partial charge in [0.25, 0.3) is 0 Å². The lowest BCUT2D eigenvalue weighted by molar-refractivity contribution is -0.346. The van der Waals surface area contributed by atoms with Gasteiger partial charge in [0, 0.05) is 27.7 Å². The third-order valence-corrected chi connectivity index (χ3v) is 5.71. The zero-order valence-electron chi connectivity index (χ0n) is 21.0. The lowest BCUT2D eigenvalue weighted by atomic mass is 9.96. The average molecular weight is 536 g/mol. The number of carbonyl (C=O) groups excluding carboxylic acids is 4. The number of esters is 4. The van der Waals surface area contributed by atoms with Gasteiger partial charge >= 0.3 is 23.9 Å². The van der Waals surface area contributed by atoms with Crippen molar-refractivity contribution in [2.45, 2.75) is 102 Å². The molecule has 0 radical (unpaired) electrons. The number of hydrogen-bond donors (Lipinski definition) is 2. The Labute approximate surface area is 212 Å². The lowest BCUT2D eigenvalue weighted by Crippen LogP contribution is -2.66. The largest absolute Gasteiger partial charge is 0.463 e. The quantitative estimate of drug-likeness (QED) is 0.263. The number of aliphatic hydroxyl groups is 2. The zero-order chi connectivity index (χ0) is 27.4. The maximum absolute atomic E-state index is 12.0. The Hall–Kier alpha value is -2.40. The maximum Gasteiger partial charge on any atom is 0.303 e. The molecule has 11 atom stereocenters. The van der Waals surface area contributed by atoms with Gasteiger partial charge in [0.15, 0.2) is 37.2 Å². The average Bonchev–Trinajstić information content (AvgIpc) is 3.16. The molecule has 0 aromatic heterocycles. The van der Waals surface area contributed by atoms with E-state index in [0.717, 1.165) is 27.7 Å². The van der Waals surface area contributed by atoms with E-state index in [4.69, 9.17) is 42.6 Å². The van der Waals surface area contributed by atoms with Crippen LogP contribution in [0.5, 0.6) is 0 Å². The van der Waals surface area contributed by atoms with Gasteiger partial charge in [-0.15, -0.1) is 0 Å². The van der Waals surface area contributed by atoms with Gasteiger partial charge in [-0.25, -0.2) is 0 Å². The number of rotatable bonds is 8. The van der Waals surface area contributed by atoms with Crippen LogP contribution in [0.15, 0.2) is 0 Å². The number of aliphatic hydroxyl groups excluding tert-OH is 2. The molecule has 3 fully saturated rings. The van der Waals surface area contributed by atoms with Crippen LogP contribution in [0.2, 0.25) is 0 Å². The van der Waals surface area contributed by atoms with Crippen molar-refractivity contribution in [1.29, 1.82) is 0 Å². The summed E-state index contributed by atoms with van der Waals surface area (Å²) in [5.74, 6) is -3.07. The molecule has 3 aliphatic heterocycles. The fourth-order valence-electron chi connectivity index (χ4n) is 4.35. The first-order chi connectivity index (χ1) is 17.4. The van der Waals surface area contributed by atoms with Crippen LogP contribution in [-0.2, 0) is 61.8 Å². The van der Waals surface area contributed by atoms with E-state index in [2.05, 4.69) is 0 Å². The first-order valence-electron chi connectivity index (χ1n) is 11.6. The number of hydrogen-bond acceptors (Lipinski definition) is 15. The van der Waals surface area contributed by atoms with Gasteiger partial charge in [-0.3, -0.25) is 19.2 Å². The van der Waals surface area contributed by atoms with Gasteiger partial charge in [-0.2, -0.15) is 0 Å². The molecular formula is C22H32O15. The summed E-state index contributed by atoms with van der Waals surface area (Å²) in [5, 5.41) is 20.5. The Kier molecular flexibility index (Phi) is 9.80. The van der Waals surface area contributed by atoms with Crippen LogP contribution < -0.4 is 0 Å². The van der Waals surface area contributed by atoms with Gasteiger partial charge in [0.2, 0.25) is 0 Å². The van der Waals surface area contributed by atoms with Crippen molar-refractivity contribution in [3.05, 3.63) is 0 Å². The highest BCUT2D eigenvalue weighted by molar-refractivity contribution is 5.68. The fraction of sp³-hybridized carbons (Fsp3) is 0.818. The molecule has 0 aliphatic carbocycles. The normalized spacial score (nSPS) is 39.3. The molecule has 3 rings (SSSR count). The van der Waals surface area contributed by atoms with Crippen molar-refractivity contribution in [3.63, 3.8) is 0 Å². The van der Waals surface area contributed by atoms with E-state index in [9.17, 15) is 29.4 Å². The van der Waals surface area contributed by atoms with Gasteiger partial charge < -0.3 is 52.8 Å². The molecular weight excluding hydrogens is 504 g/mol. The van der Waals surface area contributed by atoms with Crippen LogP contribution in [0, 0.1) is 0 Å². The van der Waals surface area contributed by atoms with Crippen molar-refractivity contribution in [2.75, 3.05) is 13.2 Å². The zero-order valence-corrected chi connectivity index (χ0v) is 21.0. The minimum Gasteiger partial charge on any atom is -0.463 e. The van der Waals surface area contributed by atoms with E-state index in [-0.39, 0.29) is 0 Å². The van der Waals surface area contributed by atoms with Gasteiger partial charge in [0.05, 0.1) is 6.61 Å². The molecule has 0 aromatic rings. The van der Waals surface area contributed by atoms with E-state index in [0.29, 0.717) is 0 Å². The fourth-order valence-corrected chi connectivity index (χ4v) is 4.35. The number of fused-ring (bicyclic) bond motifs is 1. The standard InChI is InChI=1S/C22H32O15/c1-8(24)29-7-14-16(30-9(2)25)18(31-10(3)26)20(32-11(4)27)22(36-14)37-17-15(28)13(6-23)35-21-19(17)33-12(5)34-21/h12-23,28H,6-7H2,1-5H3/t12-,13+,14+,15+,16+,17-,18-,19+,20+,21-,22-/m0/s1. The molecule has 0 spiro atoms. The van der Waals surface area contributed by atoms with Gasteiger partial charge in [-0.05, 0) is 6.92 Å². The van der Waals surface area contributed by atoms with Crippen molar-refractivity contribution in [2.24, 2.45) is 0 Å². The first kappa shape index (κ1) is 29.2. The van der Waals surface area contributed by atoms with Gasteiger partial charge in [0.1, 0.15) is 37.1 Å². The number of carbonyl (C=O) groups is 4. The number of ether oxygens (including phenoxy) is 9. The van der Waals surface area contributed by atoms with Crippen molar-refractivity contribution in [1.82, 2.24) is 0 Å². The molecule has 15 heteroatoms. The van der Waals surface area contributed by atoms with Crippen molar-refractivity contribution < 1.29 is 72.0 Å². The van der Waals surface area contributed by atoms with Crippen LogP contribution in [0.1, 0.15) is 34.6 Å². The summed E-state index contributed by atoms with van der Waals surface area (Å²) in [5.41, 5.74) is 0. The minimum absolute atomic E-state index is 0.448. The second-order valence-corrected chi connectivity index (χ2v) is 8.69. The molecule has 37 heavy (non-hydrogen) atoms. The van der Waals surface area contributed by atoms with Crippen molar-refractivity contribution in [3.8, 4) is 0 Å². The third-order valence-electron chi connectivity index (χ3n) is 5.71. The summed E-state index contributed by atoms with van der Waals surface area (Å²) >= 11 is 0. The molecule has 210 valence electrons. The molecule has 0 amide bonds. The summed E-state index contributed by atoms with van der Waals surface area (Å²) in [6.45, 7) is 4.98.